The molecule has 0 fully saturated rings. The summed E-state index contributed by atoms with van der Waals surface area (Å²) in [7, 11) is 0. The second-order valence-corrected chi connectivity index (χ2v) is 6.16. The zero-order valence-corrected chi connectivity index (χ0v) is 15.4. The van der Waals surface area contributed by atoms with E-state index in [0.717, 1.165) is 0 Å². The van der Waals surface area contributed by atoms with E-state index in [1.165, 1.54) is 12.1 Å². The van der Waals surface area contributed by atoms with Gasteiger partial charge in [0.15, 0.2) is 0 Å². The first-order chi connectivity index (χ1) is 14.0. The van der Waals surface area contributed by atoms with Crippen molar-refractivity contribution in [2.24, 2.45) is 0 Å². The number of rotatable bonds is 4. The average Bonchev–Trinajstić information content (AvgIpc) is 2.73. The lowest BCUT2D eigenvalue weighted by Gasteiger charge is -2.12. The van der Waals surface area contributed by atoms with Gasteiger partial charge in [-0.1, -0.05) is 24.0 Å². The van der Waals surface area contributed by atoms with Gasteiger partial charge in [-0.3, -0.25) is 9.59 Å². The summed E-state index contributed by atoms with van der Waals surface area (Å²) in [5.74, 6) is 4.08. The second kappa shape index (κ2) is 8.47. The molecule has 140 valence electrons. The van der Waals surface area contributed by atoms with Gasteiger partial charge in [-0.2, -0.15) is 0 Å². The van der Waals surface area contributed by atoms with Crippen molar-refractivity contribution >= 4 is 28.9 Å². The molecule has 0 atom stereocenters. The van der Waals surface area contributed by atoms with E-state index in [-0.39, 0.29) is 11.1 Å². The lowest BCUT2D eigenvalue weighted by atomic mass is 10.0. The highest BCUT2D eigenvalue weighted by Gasteiger charge is 2.18. The maximum Gasteiger partial charge on any atom is 0.256 e. The lowest BCUT2D eigenvalue weighted by molar-refractivity contribution is 0.0990. The smallest absolute Gasteiger partial charge is 0.256 e. The number of carbonyl (C=O) groups is 2. The highest BCUT2D eigenvalue weighted by Crippen LogP contribution is 2.19. The number of nitrogen functional groups attached to an aromatic ring is 1. The van der Waals surface area contributed by atoms with Crippen LogP contribution in [0.5, 0.6) is 0 Å². The number of nitrogens with one attached hydrogen (secondary N) is 2. The van der Waals surface area contributed by atoms with E-state index in [1.54, 1.807) is 54.6 Å². The first kappa shape index (κ1) is 19.3. The largest absolute Gasteiger partial charge is 0.399 e. The van der Waals surface area contributed by atoms with Crippen molar-refractivity contribution in [2.75, 3.05) is 16.4 Å². The van der Waals surface area contributed by atoms with Crippen molar-refractivity contribution in [3.05, 3.63) is 89.0 Å². The van der Waals surface area contributed by atoms with Gasteiger partial charge in [-0.15, -0.1) is 12.8 Å². The number of carbonyl (C=O) groups excluding carboxylic acids is 2. The number of nitrogens with two attached hydrogens (primary N) is 1. The number of terminal acetylenes is 2. The molecule has 0 saturated heterocycles. The van der Waals surface area contributed by atoms with Crippen LogP contribution < -0.4 is 16.4 Å². The molecule has 2 amide bonds. The molecule has 5 heteroatoms. The van der Waals surface area contributed by atoms with Crippen LogP contribution in [0.1, 0.15) is 31.8 Å². The predicted molar refractivity (Wildman–Crippen MR) is 116 cm³/mol. The zero-order chi connectivity index (χ0) is 20.8. The van der Waals surface area contributed by atoms with E-state index in [2.05, 4.69) is 22.5 Å². The van der Waals surface area contributed by atoms with Gasteiger partial charge in [0.05, 0.1) is 11.1 Å². The molecule has 0 aliphatic heterocycles. The fraction of sp³-hybridized carbons (Fsp3) is 0. The maximum atomic E-state index is 12.8. The first-order valence-corrected chi connectivity index (χ1v) is 8.66. The quantitative estimate of drug-likeness (QED) is 0.477. The first-order valence-electron chi connectivity index (χ1n) is 8.66. The fourth-order valence-corrected chi connectivity index (χ4v) is 2.72. The van der Waals surface area contributed by atoms with Crippen molar-refractivity contribution in [2.45, 2.75) is 0 Å². The van der Waals surface area contributed by atoms with E-state index in [1.807, 2.05) is 0 Å². The van der Waals surface area contributed by atoms with Gasteiger partial charge in [0.1, 0.15) is 0 Å². The third-order valence-corrected chi connectivity index (χ3v) is 4.11. The van der Waals surface area contributed by atoms with Crippen LogP contribution in [-0.4, -0.2) is 11.8 Å². The van der Waals surface area contributed by atoms with Crippen molar-refractivity contribution in [3.63, 3.8) is 0 Å². The third kappa shape index (κ3) is 4.63. The number of anilines is 3. The molecule has 0 aliphatic rings. The molecule has 0 heterocycles. The Kier molecular flexibility index (Phi) is 5.64. The molecule has 3 aromatic rings. The normalized spacial score (nSPS) is 9.72. The second-order valence-electron chi connectivity index (χ2n) is 6.16. The van der Waals surface area contributed by atoms with E-state index in [4.69, 9.17) is 18.6 Å². The molecule has 4 N–H and O–H groups in total. The molecular weight excluding hydrogens is 362 g/mol. The Hall–Kier alpha value is -4.48. The minimum absolute atomic E-state index is 0.140. The van der Waals surface area contributed by atoms with Gasteiger partial charge < -0.3 is 16.4 Å². The van der Waals surface area contributed by atoms with Crippen molar-refractivity contribution in [3.8, 4) is 24.7 Å². The third-order valence-electron chi connectivity index (χ3n) is 4.11. The fourth-order valence-electron chi connectivity index (χ4n) is 2.72. The molecule has 0 unspecified atom stereocenters. The summed E-state index contributed by atoms with van der Waals surface area (Å²) >= 11 is 0. The summed E-state index contributed by atoms with van der Waals surface area (Å²) in [4.78, 5) is 25.6. The number of amides is 2. The molecule has 29 heavy (non-hydrogen) atoms. The van der Waals surface area contributed by atoms with Gasteiger partial charge in [0.2, 0.25) is 0 Å². The SMILES string of the molecule is C#Cc1cccc(NC(=O)c2ccc(N)cc2C(=O)Nc2cccc(C#C)c2)c1. The topological polar surface area (TPSA) is 84.2 Å². The number of benzene rings is 3. The molecule has 3 aromatic carbocycles. The Morgan fingerprint density at radius 2 is 1.24 bits per heavy atom. The summed E-state index contributed by atoms with van der Waals surface area (Å²) in [6.07, 6.45) is 10.8. The van der Waals surface area contributed by atoms with Crippen LogP contribution >= 0.6 is 0 Å². The van der Waals surface area contributed by atoms with E-state index in [0.29, 0.717) is 28.2 Å². The minimum atomic E-state index is -0.478. The number of hydrogen-bond acceptors (Lipinski definition) is 3. The van der Waals surface area contributed by atoms with Crippen molar-refractivity contribution in [1.82, 2.24) is 0 Å². The molecule has 0 radical (unpaired) electrons. The summed E-state index contributed by atoms with van der Waals surface area (Å²) < 4.78 is 0. The summed E-state index contributed by atoms with van der Waals surface area (Å²) in [5.41, 5.74) is 8.81. The summed E-state index contributed by atoms with van der Waals surface area (Å²) in [6.45, 7) is 0. The van der Waals surface area contributed by atoms with Crippen LogP contribution in [0.25, 0.3) is 0 Å². The number of hydrogen-bond donors (Lipinski definition) is 3. The predicted octanol–water partition coefficient (Wildman–Crippen LogP) is 3.74. The average molecular weight is 379 g/mol. The molecule has 5 nitrogen and oxygen atoms in total. The Balaban J connectivity index is 1.88. The van der Waals surface area contributed by atoms with Crippen molar-refractivity contribution in [1.29, 1.82) is 0 Å². The highest BCUT2D eigenvalue weighted by atomic mass is 16.2. The maximum absolute atomic E-state index is 12.8. The lowest BCUT2D eigenvalue weighted by Crippen LogP contribution is -2.20. The summed E-state index contributed by atoms with van der Waals surface area (Å²) in [6, 6.07) is 18.2. The van der Waals surface area contributed by atoms with Gasteiger partial charge in [-0.05, 0) is 54.6 Å². The monoisotopic (exact) mass is 379 g/mol. The van der Waals surface area contributed by atoms with Gasteiger partial charge >= 0.3 is 0 Å². The Labute approximate surface area is 168 Å². The van der Waals surface area contributed by atoms with E-state index in [9.17, 15) is 9.59 Å². The molecule has 0 bridgehead atoms. The standard InChI is InChI=1S/C24H17N3O2/c1-3-16-7-5-9-19(13-16)26-23(28)21-12-11-18(25)15-22(21)24(29)27-20-10-6-8-17(4-2)14-20/h1-2,5-15H,25H2,(H,26,28)(H,27,29). The zero-order valence-electron chi connectivity index (χ0n) is 15.4. The Morgan fingerprint density at radius 1 is 0.724 bits per heavy atom. The molecule has 0 saturated carbocycles. The van der Waals surface area contributed by atoms with Crippen LogP contribution in [0.3, 0.4) is 0 Å². The van der Waals surface area contributed by atoms with Gasteiger partial charge in [0, 0.05) is 28.2 Å². The highest BCUT2D eigenvalue weighted by molar-refractivity contribution is 6.15. The molecular formula is C24H17N3O2. The van der Waals surface area contributed by atoms with Crippen molar-refractivity contribution < 1.29 is 9.59 Å². The Bertz CT molecular complexity index is 1180. The molecule has 3 rings (SSSR count). The van der Waals surface area contributed by atoms with Gasteiger partial charge in [-0.25, -0.2) is 0 Å². The molecule has 0 aliphatic carbocycles. The summed E-state index contributed by atoms with van der Waals surface area (Å²) in [5, 5.41) is 5.49. The molecule has 0 aromatic heterocycles. The van der Waals surface area contributed by atoms with Gasteiger partial charge in [0.25, 0.3) is 11.8 Å². The van der Waals surface area contributed by atoms with Crippen LogP contribution in [0.2, 0.25) is 0 Å². The van der Waals surface area contributed by atoms with E-state index >= 15 is 0 Å². The molecule has 0 spiro atoms. The van der Waals surface area contributed by atoms with Crippen LogP contribution in [0.15, 0.2) is 66.7 Å². The minimum Gasteiger partial charge on any atom is -0.399 e. The van der Waals surface area contributed by atoms with Crippen LogP contribution in [0.4, 0.5) is 17.1 Å². The van der Waals surface area contributed by atoms with Crippen LogP contribution in [-0.2, 0) is 0 Å². The van der Waals surface area contributed by atoms with E-state index < -0.39 is 11.8 Å². The Morgan fingerprint density at radius 3 is 1.76 bits per heavy atom. The van der Waals surface area contributed by atoms with Crippen LogP contribution in [0, 0.1) is 24.7 Å².